The molecular formula is C28H27N3. The van der Waals surface area contributed by atoms with Gasteiger partial charge in [-0.3, -0.25) is 4.98 Å². The van der Waals surface area contributed by atoms with Crippen LogP contribution in [-0.4, -0.2) is 15.0 Å². The largest absolute Gasteiger partial charge is 0.345 e. The fourth-order valence-corrected chi connectivity index (χ4v) is 2.18. The molecule has 2 rings (SSSR count). The molecule has 0 amide bonds. The Bertz CT molecular complexity index is 1010. The maximum Gasteiger partial charge on any atom is 0.129 e. The Morgan fingerprint density at radius 1 is 0.484 bits per heavy atom. The number of allylic oxidation sites excluding steroid dienone is 18. The Morgan fingerprint density at radius 2 is 0.903 bits per heavy atom. The third kappa shape index (κ3) is 12.8. The Labute approximate surface area is 185 Å². The van der Waals surface area contributed by atoms with E-state index in [9.17, 15) is 0 Å². The molecule has 3 heteroatoms. The van der Waals surface area contributed by atoms with Crippen LogP contribution >= 0.6 is 0 Å². The Kier molecular flexibility index (Phi) is 12.4. The van der Waals surface area contributed by atoms with Crippen LogP contribution in [0, 0.1) is 0 Å². The first-order valence-electron chi connectivity index (χ1n) is 10.0. The third-order valence-electron chi connectivity index (χ3n) is 3.66. The summed E-state index contributed by atoms with van der Waals surface area (Å²) in [6, 6.07) is 3.94. The first-order valence-corrected chi connectivity index (χ1v) is 10.0. The molecule has 0 radical (unpaired) electrons. The maximum absolute atomic E-state index is 4.11. The van der Waals surface area contributed by atoms with E-state index in [0.717, 1.165) is 11.4 Å². The van der Waals surface area contributed by atoms with Crippen LogP contribution in [-0.2, 0) is 0 Å². The summed E-state index contributed by atoms with van der Waals surface area (Å²) in [5.74, 6) is 0.847. The van der Waals surface area contributed by atoms with Crippen LogP contribution in [0.4, 0.5) is 0 Å². The molecule has 0 spiro atoms. The molecule has 0 aromatic carbocycles. The first-order chi connectivity index (χ1) is 15.4. The van der Waals surface area contributed by atoms with Gasteiger partial charge in [0, 0.05) is 24.8 Å². The summed E-state index contributed by atoms with van der Waals surface area (Å²) in [6.45, 7) is 0. The van der Waals surface area contributed by atoms with Gasteiger partial charge in [-0.05, 0) is 23.8 Å². The highest BCUT2D eigenvalue weighted by molar-refractivity contribution is 5.50. The summed E-state index contributed by atoms with van der Waals surface area (Å²) in [5, 5.41) is 0. The summed E-state index contributed by atoms with van der Waals surface area (Å²) in [5.41, 5.74) is 1.14. The lowest BCUT2D eigenvalue weighted by atomic mass is 10.2. The van der Waals surface area contributed by atoms with Gasteiger partial charge >= 0.3 is 0 Å². The molecular weight excluding hydrogens is 378 g/mol. The van der Waals surface area contributed by atoms with Gasteiger partial charge in [0.25, 0.3) is 0 Å². The predicted octanol–water partition coefficient (Wildman–Crippen LogP) is 6.98. The fourth-order valence-electron chi connectivity index (χ4n) is 2.18. The smallest absolute Gasteiger partial charge is 0.129 e. The molecule has 0 saturated heterocycles. The molecule has 0 aliphatic heterocycles. The van der Waals surface area contributed by atoms with Crippen LogP contribution in [0.15, 0.2) is 146 Å². The Balaban J connectivity index is 1.55. The molecule has 0 bridgehead atoms. The number of H-pyrrole nitrogens is 1. The molecule has 2 aromatic heterocycles. The summed E-state index contributed by atoms with van der Waals surface area (Å²) in [6.07, 6.45) is 46.8. The fraction of sp³-hybridized carbons (Fsp3) is 0. The van der Waals surface area contributed by atoms with Gasteiger partial charge in [-0.25, -0.2) is 4.98 Å². The zero-order chi connectivity index (χ0) is 21.7. The molecule has 154 valence electrons. The average molecular weight is 406 g/mol. The first kappa shape index (κ1) is 23.0. The number of aromatic nitrogens is 3. The van der Waals surface area contributed by atoms with Crippen molar-refractivity contribution in [3.8, 4) is 0 Å². The number of nitrogens with one attached hydrogen (secondary N) is 1. The highest BCUT2D eigenvalue weighted by atomic mass is 14.9. The van der Waals surface area contributed by atoms with Crippen molar-refractivity contribution in [3.63, 3.8) is 0 Å². The average Bonchev–Trinajstić information content (AvgIpc) is 3.32. The summed E-state index contributed by atoms with van der Waals surface area (Å²) in [7, 11) is 0. The van der Waals surface area contributed by atoms with Gasteiger partial charge in [0.2, 0.25) is 0 Å². The number of imidazole rings is 1. The second-order valence-corrected chi connectivity index (χ2v) is 6.05. The maximum atomic E-state index is 4.11. The van der Waals surface area contributed by atoms with E-state index in [2.05, 4.69) is 15.0 Å². The van der Waals surface area contributed by atoms with Crippen molar-refractivity contribution in [1.29, 1.82) is 0 Å². The van der Waals surface area contributed by atoms with Crippen molar-refractivity contribution >= 4 is 12.2 Å². The number of hydrogen-bond donors (Lipinski definition) is 1. The molecule has 0 aliphatic carbocycles. The quantitative estimate of drug-likeness (QED) is 0.410. The van der Waals surface area contributed by atoms with E-state index in [-0.39, 0.29) is 0 Å². The summed E-state index contributed by atoms with van der Waals surface area (Å²) < 4.78 is 0. The second-order valence-electron chi connectivity index (χ2n) is 6.05. The molecule has 0 unspecified atom stereocenters. The van der Waals surface area contributed by atoms with Crippen molar-refractivity contribution in [2.45, 2.75) is 0 Å². The molecule has 0 aliphatic rings. The molecule has 2 heterocycles. The van der Waals surface area contributed by atoms with Gasteiger partial charge in [-0.1, -0.05) is 115 Å². The van der Waals surface area contributed by atoms with Gasteiger partial charge in [-0.2, -0.15) is 0 Å². The van der Waals surface area contributed by atoms with E-state index in [4.69, 9.17) is 0 Å². The minimum atomic E-state index is 0.847. The molecule has 0 fully saturated rings. The standard InChI is InChI=1S/C28H27N3/c1(2-4-6-8-10-12-14-16-18-20-28-30-25-26-31-28)3-5-7-9-11-13-15-17-19-27-21-23-29-24-22-27/h1-26H,(H,30,31)/b3-1+,4-2+,7-5+,8-6+,11-9+,12-10+,15-13+,16-14+,19-17+,20-18+. The zero-order valence-corrected chi connectivity index (χ0v) is 17.4. The van der Waals surface area contributed by atoms with E-state index < -0.39 is 0 Å². The monoisotopic (exact) mass is 405 g/mol. The van der Waals surface area contributed by atoms with Crippen LogP contribution in [0.3, 0.4) is 0 Å². The van der Waals surface area contributed by atoms with Gasteiger partial charge in [0.1, 0.15) is 5.82 Å². The van der Waals surface area contributed by atoms with Gasteiger partial charge in [0.05, 0.1) is 0 Å². The number of pyridine rings is 1. The minimum Gasteiger partial charge on any atom is -0.345 e. The van der Waals surface area contributed by atoms with E-state index in [1.807, 2.05) is 134 Å². The van der Waals surface area contributed by atoms with Crippen molar-refractivity contribution in [2.75, 3.05) is 0 Å². The number of hydrogen-bond acceptors (Lipinski definition) is 2. The number of rotatable bonds is 11. The van der Waals surface area contributed by atoms with E-state index in [1.165, 1.54) is 0 Å². The Hall–Kier alpha value is -4.24. The van der Waals surface area contributed by atoms with Gasteiger partial charge in [-0.15, -0.1) is 0 Å². The lowest BCUT2D eigenvalue weighted by molar-refractivity contribution is 1.26. The number of nitrogens with zero attached hydrogens (tertiary/aromatic N) is 2. The zero-order valence-electron chi connectivity index (χ0n) is 17.4. The third-order valence-corrected chi connectivity index (χ3v) is 3.66. The highest BCUT2D eigenvalue weighted by Crippen LogP contribution is 1.99. The van der Waals surface area contributed by atoms with E-state index >= 15 is 0 Å². The summed E-state index contributed by atoms with van der Waals surface area (Å²) >= 11 is 0. The topological polar surface area (TPSA) is 41.6 Å². The minimum absolute atomic E-state index is 0.847. The normalized spacial score (nSPS) is 13.8. The number of aromatic amines is 1. The van der Waals surface area contributed by atoms with Crippen molar-refractivity contribution in [2.24, 2.45) is 0 Å². The van der Waals surface area contributed by atoms with Crippen molar-refractivity contribution < 1.29 is 0 Å². The molecule has 2 aromatic rings. The van der Waals surface area contributed by atoms with Crippen molar-refractivity contribution in [3.05, 3.63) is 158 Å². The van der Waals surface area contributed by atoms with Crippen LogP contribution < -0.4 is 0 Å². The van der Waals surface area contributed by atoms with E-state index in [1.54, 1.807) is 24.8 Å². The van der Waals surface area contributed by atoms with E-state index in [0.29, 0.717) is 0 Å². The van der Waals surface area contributed by atoms with Crippen LogP contribution in [0.5, 0.6) is 0 Å². The molecule has 1 N–H and O–H groups in total. The van der Waals surface area contributed by atoms with Crippen LogP contribution in [0.2, 0.25) is 0 Å². The SMILES string of the molecule is C(/C=C/C=C/C=C/C=C/C=C/c1ncc[nH]1)=C\C=C\C=C\C=C\C=C\c1ccncc1. The highest BCUT2D eigenvalue weighted by Gasteiger charge is 1.81. The Morgan fingerprint density at radius 3 is 1.32 bits per heavy atom. The van der Waals surface area contributed by atoms with Gasteiger partial charge < -0.3 is 4.98 Å². The van der Waals surface area contributed by atoms with Crippen molar-refractivity contribution in [1.82, 2.24) is 15.0 Å². The molecule has 3 nitrogen and oxygen atoms in total. The molecule has 31 heavy (non-hydrogen) atoms. The lowest BCUT2D eigenvalue weighted by Crippen LogP contribution is -1.70. The molecule has 0 atom stereocenters. The summed E-state index contributed by atoms with van der Waals surface area (Å²) in [4.78, 5) is 11.1. The molecule has 0 saturated carbocycles. The van der Waals surface area contributed by atoms with Crippen LogP contribution in [0.25, 0.3) is 12.2 Å². The second kappa shape index (κ2) is 16.7. The lowest BCUT2D eigenvalue weighted by Gasteiger charge is -1.87. The van der Waals surface area contributed by atoms with Crippen LogP contribution in [0.1, 0.15) is 11.4 Å². The predicted molar refractivity (Wildman–Crippen MR) is 134 cm³/mol. The van der Waals surface area contributed by atoms with Gasteiger partial charge in [0.15, 0.2) is 0 Å².